The second kappa shape index (κ2) is 9.67. The smallest absolute Gasteiger partial charge is 0.159 e. The van der Waals surface area contributed by atoms with Crippen LogP contribution in [-0.4, -0.2) is 18.1 Å². The number of benzene rings is 7. The van der Waals surface area contributed by atoms with Crippen molar-refractivity contribution in [3.63, 3.8) is 0 Å². The zero-order valence-electron chi connectivity index (χ0n) is 25.7. The molecule has 4 aromatic heterocycles. The van der Waals surface area contributed by atoms with Crippen molar-refractivity contribution in [2.75, 3.05) is 0 Å². The number of aromatic nitrogens is 4. The van der Waals surface area contributed by atoms with Crippen LogP contribution in [-0.2, 0) is 0 Å². The first kappa shape index (κ1) is 26.0. The molecule has 0 aliphatic carbocycles. The van der Waals surface area contributed by atoms with Crippen LogP contribution in [0.1, 0.15) is 0 Å². The minimum atomic E-state index is 0.977. The van der Waals surface area contributed by atoms with Gasteiger partial charge in [-0.05, 0) is 84.3 Å². The number of nitrogens with zero attached hydrogens (tertiary/aromatic N) is 4. The van der Waals surface area contributed by atoms with Gasteiger partial charge >= 0.3 is 0 Å². The number of fused-ring (bicyclic) bond motifs is 10. The summed E-state index contributed by atoms with van der Waals surface area (Å²) in [7, 11) is 0. The first-order chi connectivity index (χ1) is 23.8. The molecular weight excluding hydrogens is 605 g/mol. The van der Waals surface area contributed by atoms with Crippen molar-refractivity contribution in [3.05, 3.63) is 158 Å². The van der Waals surface area contributed by atoms with Crippen LogP contribution in [0.5, 0.6) is 0 Å². The summed E-state index contributed by atoms with van der Waals surface area (Å²) in [4.78, 5) is 0. The van der Waals surface area contributed by atoms with Crippen LogP contribution in [0, 0.1) is 0 Å². The van der Waals surface area contributed by atoms with Crippen LogP contribution in [0.15, 0.2) is 158 Å². The number of hydrogen-bond acceptors (Lipinski definition) is 2. The summed E-state index contributed by atoms with van der Waals surface area (Å²) >= 11 is 1.56. The zero-order valence-corrected chi connectivity index (χ0v) is 26.5. The van der Waals surface area contributed by atoms with E-state index in [0.717, 1.165) is 28.2 Å². The van der Waals surface area contributed by atoms with Gasteiger partial charge in [0, 0.05) is 49.1 Å². The van der Waals surface area contributed by atoms with E-state index in [2.05, 4.69) is 171 Å². The maximum Gasteiger partial charge on any atom is 0.159 e. The molecule has 0 amide bonds. The SMILES string of the molecule is c1ccc2c(-n3c4ccc(-n5c6ccccc6c6ccccc65)cc4c4cc(-n5c6ccccc6c6ccccc65)ccc43)nsc2c1. The summed E-state index contributed by atoms with van der Waals surface area (Å²) in [6.07, 6.45) is 0. The zero-order chi connectivity index (χ0) is 31.3. The average Bonchev–Trinajstić information content (AvgIpc) is 3.89. The molecule has 48 heavy (non-hydrogen) atoms. The van der Waals surface area contributed by atoms with Gasteiger partial charge in [0.15, 0.2) is 5.82 Å². The van der Waals surface area contributed by atoms with Crippen LogP contribution in [0.4, 0.5) is 0 Å². The first-order valence-corrected chi connectivity index (χ1v) is 17.0. The topological polar surface area (TPSA) is 27.7 Å². The van der Waals surface area contributed by atoms with E-state index in [-0.39, 0.29) is 0 Å². The first-order valence-electron chi connectivity index (χ1n) is 16.2. The molecule has 0 spiro atoms. The van der Waals surface area contributed by atoms with Crippen molar-refractivity contribution >= 4 is 87.0 Å². The third kappa shape index (κ3) is 3.46. The van der Waals surface area contributed by atoms with Crippen LogP contribution >= 0.6 is 11.5 Å². The van der Waals surface area contributed by atoms with E-state index in [0.29, 0.717) is 0 Å². The second-order valence-corrected chi connectivity index (χ2v) is 13.3. The van der Waals surface area contributed by atoms with Gasteiger partial charge in [-0.2, -0.15) is 4.37 Å². The number of hydrogen-bond donors (Lipinski definition) is 0. The van der Waals surface area contributed by atoms with Crippen molar-refractivity contribution in [1.82, 2.24) is 18.1 Å². The highest BCUT2D eigenvalue weighted by molar-refractivity contribution is 7.13. The molecule has 0 aliphatic rings. The fourth-order valence-corrected chi connectivity index (χ4v) is 8.70. The Morgan fingerprint density at radius 2 is 0.708 bits per heavy atom. The van der Waals surface area contributed by atoms with Crippen molar-refractivity contribution in [2.45, 2.75) is 0 Å². The molecule has 0 radical (unpaired) electrons. The summed E-state index contributed by atoms with van der Waals surface area (Å²) in [5, 5.41) is 8.61. The van der Waals surface area contributed by atoms with Crippen LogP contribution < -0.4 is 0 Å². The molecule has 0 saturated carbocycles. The Labute approximate surface area is 279 Å². The van der Waals surface area contributed by atoms with Crippen molar-refractivity contribution in [1.29, 1.82) is 0 Å². The lowest BCUT2D eigenvalue weighted by molar-refractivity contribution is 1.14. The van der Waals surface area contributed by atoms with Crippen molar-refractivity contribution in [2.24, 2.45) is 0 Å². The third-order valence-corrected chi connectivity index (χ3v) is 10.8. The third-order valence-electron chi connectivity index (χ3n) is 9.98. The highest BCUT2D eigenvalue weighted by Gasteiger charge is 2.20. The van der Waals surface area contributed by atoms with Gasteiger partial charge in [-0.3, -0.25) is 4.57 Å². The molecule has 0 N–H and O–H groups in total. The fourth-order valence-electron chi connectivity index (χ4n) is 7.94. The highest BCUT2D eigenvalue weighted by Crippen LogP contribution is 2.40. The molecule has 0 fully saturated rings. The molecule has 0 saturated heterocycles. The lowest BCUT2D eigenvalue weighted by Gasteiger charge is -2.09. The number of para-hydroxylation sites is 4. The molecule has 0 atom stereocenters. The van der Waals surface area contributed by atoms with Gasteiger partial charge in [-0.15, -0.1) is 0 Å². The maximum absolute atomic E-state index is 5.04. The minimum Gasteiger partial charge on any atom is -0.309 e. The molecular formula is C43H26N4S. The van der Waals surface area contributed by atoms with E-state index in [1.54, 1.807) is 11.5 Å². The molecule has 224 valence electrons. The molecule has 4 heterocycles. The second-order valence-electron chi connectivity index (χ2n) is 12.5. The Morgan fingerprint density at radius 3 is 1.17 bits per heavy atom. The Kier molecular flexibility index (Phi) is 5.23. The van der Waals surface area contributed by atoms with Crippen LogP contribution in [0.2, 0.25) is 0 Å². The minimum absolute atomic E-state index is 0.977. The van der Waals surface area contributed by atoms with Gasteiger partial charge in [-0.25, -0.2) is 0 Å². The lowest BCUT2D eigenvalue weighted by atomic mass is 10.1. The van der Waals surface area contributed by atoms with Gasteiger partial charge in [0.25, 0.3) is 0 Å². The summed E-state index contributed by atoms with van der Waals surface area (Å²) < 4.78 is 13.4. The molecule has 0 aliphatic heterocycles. The molecule has 11 rings (SSSR count). The summed E-state index contributed by atoms with van der Waals surface area (Å²) in [5.74, 6) is 0.977. The quantitative estimate of drug-likeness (QED) is 0.191. The molecule has 7 aromatic carbocycles. The largest absolute Gasteiger partial charge is 0.309 e. The Morgan fingerprint density at radius 1 is 0.333 bits per heavy atom. The maximum atomic E-state index is 5.04. The predicted molar refractivity (Wildman–Crippen MR) is 203 cm³/mol. The summed E-state index contributed by atoms with van der Waals surface area (Å²) in [6.45, 7) is 0. The Balaban J connectivity index is 1.25. The fraction of sp³-hybridized carbons (Fsp3) is 0. The van der Waals surface area contributed by atoms with Gasteiger partial charge in [0.2, 0.25) is 0 Å². The van der Waals surface area contributed by atoms with Gasteiger partial charge in [0.1, 0.15) is 0 Å². The monoisotopic (exact) mass is 630 g/mol. The molecule has 0 bridgehead atoms. The van der Waals surface area contributed by atoms with E-state index in [1.807, 2.05) is 0 Å². The van der Waals surface area contributed by atoms with Crippen molar-refractivity contribution < 1.29 is 0 Å². The van der Waals surface area contributed by atoms with E-state index in [1.165, 1.54) is 64.5 Å². The Bertz CT molecular complexity index is 2800. The van der Waals surface area contributed by atoms with Crippen LogP contribution in [0.3, 0.4) is 0 Å². The van der Waals surface area contributed by atoms with Gasteiger partial charge < -0.3 is 9.13 Å². The number of rotatable bonds is 3. The van der Waals surface area contributed by atoms with E-state index < -0.39 is 0 Å². The van der Waals surface area contributed by atoms with Gasteiger partial charge in [0.05, 0.1) is 37.8 Å². The lowest BCUT2D eigenvalue weighted by Crippen LogP contribution is -1.97. The van der Waals surface area contributed by atoms with E-state index >= 15 is 0 Å². The molecule has 11 aromatic rings. The molecule has 0 unspecified atom stereocenters. The average molecular weight is 631 g/mol. The van der Waals surface area contributed by atoms with E-state index in [4.69, 9.17) is 4.37 Å². The van der Waals surface area contributed by atoms with Gasteiger partial charge in [-0.1, -0.05) is 84.9 Å². The van der Waals surface area contributed by atoms with E-state index in [9.17, 15) is 0 Å². The molecule has 4 nitrogen and oxygen atoms in total. The van der Waals surface area contributed by atoms with Crippen molar-refractivity contribution in [3.8, 4) is 17.2 Å². The van der Waals surface area contributed by atoms with Crippen LogP contribution in [0.25, 0.3) is 92.7 Å². The predicted octanol–water partition coefficient (Wildman–Crippen LogP) is 11.6. The Hall–Kier alpha value is -6.17. The normalized spacial score (nSPS) is 12.2. The highest BCUT2D eigenvalue weighted by atomic mass is 32.1. The molecule has 5 heteroatoms. The summed E-state index contributed by atoms with van der Waals surface area (Å²) in [6, 6.07) is 57.2. The standard InChI is InChI=1S/C43H26N4S/c1-6-16-36-29(11-1)30-12-2-7-17-37(30)45(36)27-21-23-40-34(25-27)35-26-28(46-38-18-8-3-13-31(38)32-14-4-9-19-39(32)46)22-24-41(35)47(40)43-33-15-5-10-20-42(33)48-44-43/h1-26H. The summed E-state index contributed by atoms with van der Waals surface area (Å²) in [5.41, 5.74) is 9.40.